The van der Waals surface area contributed by atoms with Crippen LogP contribution in [0.5, 0.6) is 0 Å². The van der Waals surface area contributed by atoms with Gasteiger partial charge in [-0.1, -0.05) is 49.6 Å². The van der Waals surface area contributed by atoms with Crippen molar-refractivity contribution in [1.82, 2.24) is 4.98 Å². The molecule has 0 amide bonds. The summed E-state index contributed by atoms with van der Waals surface area (Å²) in [5.74, 6) is 0.285. The summed E-state index contributed by atoms with van der Waals surface area (Å²) in [5, 5.41) is 10.7. The molecule has 1 aromatic heterocycles. The minimum Gasteiger partial charge on any atom is -0.392 e. The summed E-state index contributed by atoms with van der Waals surface area (Å²) in [6, 6.07) is 15.0. The van der Waals surface area contributed by atoms with Crippen LogP contribution in [0.2, 0.25) is 0 Å². The normalized spacial score (nSPS) is 30.5. The van der Waals surface area contributed by atoms with Gasteiger partial charge in [-0.25, -0.2) is 0 Å². The summed E-state index contributed by atoms with van der Waals surface area (Å²) in [4.78, 5) is 4.83. The molecule has 1 N–H and O–H groups in total. The van der Waals surface area contributed by atoms with Crippen molar-refractivity contribution < 1.29 is 9.84 Å². The second kappa shape index (κ2) is 7.85. The van der Waals surface area contributed by atoms with Gasteiger partial charge in [-0.3, -0.25) is 4.98 Å². The maximum Gasteiger partial charge on any atom is 0.0691 e. The predicted octanol–water partition coefficient (Wildman–Crippen LogP) is 5.31. The molecule has 1 saturated heterocycles. The van der Waals surface area contributed by atoms with Crippen LogP contribution in [-0.2, 0) is 16.6 Å². The van der Waals surface area contributed by atoms with E-state index in [0.29, 0.717) is 0 Å². The van der Waals surface area contributed by atoms with E-state index in [1.54, 1.807) is 0 Å². The third-order valence-electron chi connectivity index (χ3n) is 7.89. The second-order valence-electron chi connectivity index (χ2n) is 9.63. The summed E-state index contributed by atoms with van der Waals surface area (Å²) >= 11 is 0. The Morgan fingerprint density at radius 2 is 1.86 bits per heavy atom. The number of aliphatic hydroxyl groups excluding tert-OH is 1. The van der Waals surface area contributed by atoms with Gasteiger partial charge >= 0.3 is 0 Å². The van der Waals surface area contributed by atoms with Crippen LogP contribution >= 0.6 is 0 Å². The Labute approximate surface area is 174 Å². The molecule has 3 atom stereocenters. The molecule has 1 aromatic carbocycles. The highest BCUT2D eigenvalue weighted by atomic mass is 16.5. The van der Waals surface area contributed by atoms with E-state index in [1.165, 1.54) is 42.5 Å². The molecule has 2 heterocycles. The van der Waals surface area contributed by atoms with E-state index < -0.39 is 0 Å². The first-order valence-corrected chi connectivity index (χ1v) is 11.5. The van der Waals surface area contributed by atoms with Crippen LogP contribution < -0.4 is 0 Å². The van der Waals surface area contributed by atoms with E-state index in [-0.39, 0.29) is 23.0 Å². The lowest BCUT2D eigenvalue weighted by atomic mass is 9.67. The van der Waals surface area contributed by atoms with Crippen molar-refractivity contribution in [3.8, 4) is 0 Å². The van der Waals surface area contributed by atoms with Gasteiger partial charge in [0.05, 0.1) is 11.7 Å². The van der Waals surface area contributed by atoms with Crippen LogP contribution in [0, 0.1) is 0 Å². The van der Waals surface area contributed by atoms with E-state index in [1.807, 2.05) is 12.3 Å². The third-order valence-corrected chi connectivity index (χ3v) is 7.89. The fourth-order valence-electron chi connectivity index (χ4n) is 6.46. The smallest absolute Gasteiger partial charge is 0.0691 e. The first-order chi connectivity index (χ1) is 14.2. The van der Waals surface area contributed by atoms with Gasteiger partial charge in [-0.15, -0.1) is 0 Å². The molecule has 1 aliphatic heterocycles. The molecule has 29 heavy (non-hydrogen) atoms. The topological polar surface area (TPSA) is 42.4 Å². The molecule has 2 aromatic rings. The zero-order valence-electron chi connectivity index (χ0n) is 17.4. The number of hydrogen-bond acceptors (Lipinski definition) is 3. The summed E-state index contributed by atoms with van der Waals surface area (Å²) in [6.07, 6.45) is 13.0. The Balaban J connectivity index is 1.35. The lowest BCUT2D eigenvalue weighted by Crippen LogP contribution is -2.46. The van der Waals surface area contributed by atoms with E-state index in [0.717, 1.165) is 45.1 Å². The summed E-state index contributed by atoms with van der Waals surface area (Å²) < 4.78 is 6.38. The maximum atomic E-state index is 10.7. The Morgan fingerprint density at radius 1 is 1.03 bits per heavy atom. The number of nitrogens with zero attached hydrogens (tertiary/aromatic N) is 1. The van der Waals surface area contributed by atoms with Crippen LogP contribution in [0.3, 0.4) is 0 Å². The average molecular weight is 392 g/mol. The molecule has 0 unspecified atom stereocenters. The number of rotatable bonds is 5. The maximum absolute atomic E-state index is 10.7. The van der Waals surface area contributed by atoms with Gasteiger partial charge in [-0.2, -0.15) is 0 Å². The number of aliphatic hydroxyl groups is 1. The molecule has 0 radical (unpaired) electrons. The first kappa shape index (κ1) is 19.3. The molecule has 0 bridgehead atoms. The van der Waals surface area contributed by atoms with E-state index in [9.17, 15) is 5.11 Å². The van der Waals surface area contributed by atoms with E-state index in [2.05, 4.69) is 36.4 Å². The van der Waals surface area contributed by atoms with Gasteiger partial charge < -0.3 is 9.84 Å². The molecular weight excluding hydrogens is 358 g/mol. The SMILES string of the molecule is O[C@@H]1Cc2ccccc2[C@H]1CCC[C@@]1(c2ccccn2)CCOC2(CCCC2)C1. The zero-order chi connectivity index (χ0) is 19.7. The van der Waals surface area contributed by atoms with Gasteiger partial charge in [0.1, 0.15) is 0 Å². The van der Waals surface area contributed by atoms with Gasteiger partial charge in [0.2, 0.25) is 0 Å². The number of fused-ring (bicyclic) bond motifs is 1. The summed E-state index contributed by atoms with van der Waals surface area (Å²) in [6.45, 7) is 0.853. The minimum absolute atomic E-state index is 0.0786. The van der Waals surface area contributed by atoms with Crippen molar-refractivity contribution in [1.29, 1.82) is 0 Å². The molecule has 2 fully saturated rings. The van der Waals surface area contributed by atoms with Crippen LogP contribution in [0.25, 0.3) is 0 Å². The molecule has 3 aliphatic rings. The highest BCUT2D eigenvalue weighted by Gasteiger charge is 2.48. The number of hydrogen-bond donors (Lipinski definition) is 1. The van der Waals surface area contributed by atoms with E-state index >= 15 is 0 Å². The summed E-state index contributed by atoms with van der Waals surface area (Å²) in [7, 11) is 0. The van der Waals surface area contributed by atoms with Gasteiger partial charge in [0, 0.05) is 29.8 Å². The van der Waals surface area contributed by atoms with Gasteiger partial charge in [0.25, 0.3) is 0 Å². The van der Waals surface area contributed by atoms with Crippen molar-refractivity contribution in [2.24, 2.45) is 0 Å². The quantitative estimate of drug-likeness (QED) is 0.751. The van der Waals surface area contributed by atoms with Crippen molar-refractivity contribution in [3.05, 3.63) is 65.5 Å². The standard InChI is InChI=1S/C26H33NO2/c28-23-18-20-8-1-2-9-21(20)22(23)10-7-12-25(24-11-3-6-16-27-24)15-17-29-26(19-25)13-4-5-14-26/h1-3,6,8-9,11,16,22-23,28H,4-5,7,10,12-15,17-19H2/t22-,23-,25-/m1/s1. The van der Waals surface area contributed by atoms with Crippen molar-refractivity contribution >= 4 is 0 Å². The molecule has 1 spiro atoms. The highest BCUT2D eigenvalue weighted by molar-refractivity contribution is 5.36. The number of benzene rings is 1. The second-order valence-corrected chi connectivity index (χ2v) is 9.63. The lowest BCUT2D eigenvalue weighted by Gasteiger charge is -2.46. The average Bonchev–Trinajstić information content (AvgIpc) is 3.33. The molecule has 2 aliphatic carbocycles. The van der Waals surface area contributed by atoms with Crippen molar-refractivity contribution in [2.45, 2.75) is 87.2 Å². The minimum atomic E-state index is -0.228. The Morgan fingerprint density at radius 3 is 2.69 bits per heavy atom. The Hall–Kier alpha value is -1.71. The van der Waals surface area contributed by atoms with Crippen LogP contribution in [-0.4, -0.2) is 28.4 Å². The van der Waals surface area contributed by atoms with Crippen molar-refractivity contribution in [2.75, 3.05) is 6.61 Å². The molecule has 154 valence electrons. The van der Waals surface area contributed by atoms with Crippen LogP contribution in [0.4, 0.5) is 0 Å². The largest absolute Gasteiger partial charge is 0.392 e. The Bertz CT molecular complexity index is 830. The number of aromatic nitrogens is 1. The molecular formula is C26H33NO2. The first-order valence-electron chi connectivity index (χ1n) is 11.5. The lowest BCUT2D eigenvalue weighted by molar-refractivity contribution is -0.105. The van der Waals surface area contributed by atoms with Crippen LogP contribution in [0.15, 0.2) is 48.7 Å². The number of pyridine rings is 1. The molecule has 3 heteroatoms. The number of ether oxygens (including phenoxy) is 1. The zero-order valence-corrected chi connectivity index (χ0v) is 17.4. The summed E-state index contributed by atoms with van der Waals surface area (Å²) in [5.41, 5.74) is 4.15. The molecule has 5 rings (SSSR count). The van der Waals surface area contributed by atoms with Crippen LogP contribution in [0.1, 0.15) is 80.5 Å². The van der Waals surface area contributed by atoms with Gasteiger partial charge in [0.15, 0.2) is 0 Å². The molecule has 3 nitrogen and oxygen atoms in total. The van der Waals surface area contributed by atoms with Crippen molar-refractivity contribution in [3.63, 3.8) is 0 Å². The Kier molecular flexibility index (Phi) is 5.21. The fourth-order valence-corrected chi connectivity index (χ4v) is 6.46. The van der Waals surface area contributed by atoms with Gasteiger partial charge in [-0.05, 0) is 68.2 Å². The predicted molar refractivity (Wildman–Crippen MR) is 115 cm³/mol. The molecule has 1 saturated carbocycles. The monoisotopic (exact) mass is 391 g/mol. The fraction of sp³-hybridized carbons (Fsp3) is 0.577. The third kappa shape index (κ3) is 3.64. The highest BCUT2D eigenvalue weighted by Crippen LogP contribution is 2.50. The van der Waals surface area contributed by atoms with E-state index in [4.69, 9.17) is 9.72 Å².